The van der Waals surface area contributed by atoms with E-state index in [1.165, 1.54) is 11.0 Å². The third-order valence-electron chi connectivity index (χ3n) is 1.71. The molecule has 0 aliphatic carbocycles. The normalized spacial score (nSPS) is 11.1. The first kappa shape index (κ1) is 10.7. The molecular weight excluding hydrogens is 204 g/mol. The van der Waals surface area contributed by atoms with Crippen molar-refractivity contribution in [2.45, 2.75) is 13.5 Å². The molecule has 7 heteroatoms. The van der Waals surface area contributed by atoms with E-state index in [0.717, 1.165) is 0 Å². The van der Waals surface area contributed by atoms with Crippen LogP contribution in [0.25, 0.3) is 0 Å². The van der Waals surface area contributed by atoms with E-state index in [1.807, 2.05) is 0 Å². The van der Waals surface area contributed by atoms with E-state index < -0.39 is 9.84 Å². The Labute approximate surface area is 82.1 Å². The van der Waals surface area contributed by atoms with Crippen LogP contribution < -0.4 is 0 Å². The SMILES string of the molecule is CCS(=O)(=O)CCn1cnc(C#N)n1. The Balaban J connectivity index is 2.59. The molecule has 0 aliphatic heterocycles. The molecule has 0 aromatic carbocycles. The smallest absolute Gasteiger partial charge is 0.251 e. The third-order valence-corrected chi connectivity index (χ3v) is 3.39. The lowest BCUT2D eigenvalue weighted by atomic mass is 10.7. The Morgan fingerprint density at radius 3 is 2.86 bits per heavy atom. The zero-order valence-corrected chi connectivity index (χ0v) is 8.53. The van der Waals surface area contributed by atoms with Crippen LogP contribution in [0.5, 0.6) is 0 Å². The van der Waals surface area contributed by atoms with Crippen molar-refractivity contribution in [3.8, 4) is 6.07 Å². The molecule has 76 valence electrons. The van der Waals surface area contributed by atoms with Gasteiger partial charge in [0.05, 0.1) is 12.3 Å². The lowest BCUT2D eigenvalue weighted by Crippen LogP contribution is -2.14. The molecule has 0 fully saturated rings. The van der Waals surface area contributed by atoms with Crippen molar-refractivity contribution in [2.75, 3.05) is 11.5 Å². The molecule has 1 aromatic rings. The molecule has 0 aliphatic rings. The first-order valence-electron chi connectivity index (χ1n) is 4.07. The van der Waals surface area contributed by atoms with Crippen LogP contribution in [-0.4, -0.2) is 34.7 Å². The highest BCUT2D eigenvalue weighted by Crippen LogP contribution is 1.93. The molecule has 6 nitrogen and oxygen atoms in total. The summed E-state index contributed by atoms with van der Waals surface area (Å²) in [6, 6.07) is 1.77. The van der Waals surface area contributed by atoms with Gasteiger partial charge in [-0.05, 0) is 0 Å². The predicted octanol–water partition coefficient (Wildman–Crippen LogP) is -0.416. The highest BCUT2D eigenvalue weighted by molar-refractivity contribution is 7.91. The zero-order chi connectivity index (χ0) is 10.6. The molecule has 0 saturated carbocycles. The van der Waals surface area contributed by atoms with Crippen LogP contribution in [0.1, 0.15) is 12.7 Å². The van der Waals surface area contributed by atoms with E-state index in [1.54, 1.807) is 13.0 Å². The Morgan fingerprint density at radius 1 is 1.64 bits per heavy atom. The maximum Gasteiger partial charge on any atom is 0.252 e. The second kappa shape index (κ2) is 4.19. The van der Waals surface area contributed by atoms with E-state index in [-0.39, 0.29) is 23.9 Å². The maximum atomic E-state index is 11.1. The van der Waals surface area contributed by atoms with Gasteiger partial charge in [-0.25, -0.2) is 13.4 Å². The van der Waals surface area contributed by atoms with Crippen LogP contribution in [0.3, 0.4) is 0 Å². The summed E-state index contributed by atoms with van der Waals surface area (Å²) in [4.78, 5) is 3.66. The van der Waals surface area contributed by atoms with Crippen LogP contribution in [0.4, 0.5) is 0 Å². The van der Waals surface area contributed by atoms with E-state index >= 15 is 0 Å². The molecule has 0 N–H and O–H groups in total. The zero-order valence-electron chi connectivity index (χ0n) is 7.71. The second-order valence-corrected chi connectivity index (χ2v) is 5.15. The molecule has 0 bridgehead atoms. The maximum absolute atomic E-state index is 11.1. The van der Waals surface area contributed by atoms with Crippen LogP contribution in [0.15, 0.2) is 6.33 Å². The summed E-state index contributed by atoms with van der Waals surface area (Å²) < 4.78 is 23.6. The van der Waals surface area contributed by atoms with E-state index in [0.29, 0.717) is 0 Å². The molecule has 0 saturated heterocycles. The van der Waals surface area contributed by atoms with E-state index in [2.05, 4.69) is 10.1 Å². The van der Waals surface area contributed by atoms with Crippen molar-refractivity contribution in [3.05, 3.63) is 12.2 Å². The molecule has 0 unspecified atom stereocenters. The monoisotopic (exact) mass is 214 g/mol. The molecule has 0 spiro atoms. The van der Waals surface area contributed by atoms with Gasteiger partial charge in [-0.3, -0.25) is 4.68 Å². The molecule has 0 radical (unpaired) electrons. The van der Waals surface area contributed by atoms with Gasteiger partial charge < -0.3 is 0 Å². The van der Waals surface area contributed by atoms with Gasteiger partial charge in [0, 0.05) is 5.75 Å². The van der Waals surface area contributed by atoms with Crippen molar-refractivity contribution in [1.29, 1.82) is 5.26 Å². The topological polar surface area (TPSA) is 88.6 Å². The summed E-state index contributed by atoms with van der Waals surface area (Å²) in [6.07, 6.45) is 1.35. The molecular formula is C7H10N4O2S. The van der Waals surface area contributed by atoms with Crippen molar-refractivity contribution < 1.29 is 8.42 Å². The summed E-state index contributed by atoms with van der Waals surface area (Å²) in [5.41, 5.74) is 0. The number of nitriles is 1. The lowest BCUT2D eigenvalue weighted by Gasteiger charge is -1.99. The van der Waals surface area contributed by atoms with Crippen molar-refractivity contribution >= 4 is 9.84 Å². The van der Waals surface area contributed by atoms with Crippen molar-refractivity contribution in [1.82, 2.24) is 14.8 Å². The fourth-order valence-corrected chi connectivity index (χ4v) is 1.58. The van der Waals surface area contributed by atoms with Crippen LogP contribution in [0, 0.1) is 11.3 Å². The van der Waals surface area contributed by atoms with Gasteiger partial charge in [0.25, 0.3) is 5.82 Å². The largest absolute Gasteiger partial charge is 0.252 e. The lowest BCUT2D eigenvalue weighted by molar-refractivity contribution is 0.581. The fraction of sp³-hybridized carbons (Fsp3) is 0.571. The number of hydrogen-bond acceptors (Lipinski definition) is 5. The number of hydrogen-bond donors (Lipinski definition) is 0. The average molecular weight is 214 g/mol. The highest BCUT2D eigenvalue weighted by Gasteiger charge is 2.08. The Hall–Kier alpha value is -1.42. The predicted molar refractivity (Wildman–Crippen MR) is 49.1 cm³/mol. The molecule has 0 amide bonds. The first-order chi connectivity index (χ1) is 6.57. The fourth-order valence-electron chi connectivity index (χ4n) is 0.831. The molecule has 1 aromatic heterocycles. The minimum absolute atomic E-state index is 0.0255. The van der Waals surface area contributed by atoms with Crippen molar-refractivity contribution in [3.63, 3.8) is 0 Å². The van der Waals surface area contributed by atoms with Gasteiger partial charge >= 0.3 is 0 Å². The van der Waals surface area contributed by atoms with Crippen LogP contribution in [0.2, 0.25) is 0 Å². The minimum Gasteiger partial charge on any atom is -0.251 e. The molecule has 1 rings (SSSR count). The quantitative estimate of drug-likeness (QED) is 0.679. The third kappa shape index (κ3) is 2.81. The first-order valence-corrected chi connectivity index (χ1v) is 5.89. The van der Waals surface area contributed by atoms with E-state index in [9.17, 15) is 8.42 Å². The van der Waals surface area contributed by atoms with E-state index in [4.69, 9.17) is 5.26 Å². The standard InChI is InChI=1S/C7H10N4O2S/c1-2-14(12,13)4-3-11-6-9-7(5-8)10-11/h6H,2-4H2,1H3. The van der Waals surface area contributed by atoms with Gasteiger partial charge in [0.15, 0.2) is 9.84 Å². The summed E-state index contributed by atoms with van der Waals surface area (Å²) >= 11 is 0. The van der Waals surface area contributed by atoms with Gasteiger partial charge in [0.1, 0.15) is 12.4 Å². The number of rotatable bonds is 4. The molecule has 0 atom stereocenters. The van der Waals surface area contributed by atoms with Gasteiger partial charge in [0.2, 0.25) is 0 Å². The highest BCUT2D eigenvalue weighted by atomic mass is 32.2. The average Bonchev–Trinajstić information content (AvgIpc) is 2.63. The number of aromatic nitrogens is 3. The van der Waals surface area contributed by atoms with Gasteiger partial charge in [-0.1, -0.05) is 6.92 Å². The van der Waals surface area contributed by atoms with Crippen LogP contribution >= 0.6 is 0 Å². The van der Waals surface area contributed by atoms with Gasteiger partial charge in [-0.15, -0.1) is 5.10 Å². The number of nitrogens with zero attached hydrogens (tertiary/aromatic N) is 4. The molecule has 1 heterocycles. The number of sulfone groups is 1. The summed E-state index contributed by atoms with van der Waals surface area (Å²) in [6.45, 7) is 1.84. The van der Waals surface area contributed by atoms with Crippen LogP contribution in [-0.2, 0) is 16.4 Å². The Kier molecular flexibility index (Phi) is 3.19. The second-order valence-electron chi connectivity index (χ2n) is 2.68. The minimum atomic E-state index is -2.99. The number of aryl methyl sites for hydroxylation is 1. The molecule has 14 heavy (non-hydrogen) atoms. The van der Waals surface area contributed by atoms with Gasteiger partial charge in [-0.2, -0.15) is 5.26 Å². The Bertz CT molecular complexity index is 443. The van der Waals surface area contributed by atoms with Crippen molar-refractivity contribution in [2.24, 2.45) is 0 Å². The summed E-state index contributed by atoms with van der Waals surface area (Å²) in [5, 5.41) is 12.2. The Morgan fingerprint density at radius 2 is 2.36 bits per heavy atom. The summed E-state index contributed by atoms with van der Waals surface area (Å²) in [5.74, 6) is 0.198. The summed E-state index contributed by atoms with van der Waals surface area (Å²) in [7, 11) is -2.99.